The van der Waals surface area contributed by atoms with Gasteiger partial charge in [-0.3, -0.25) is 4.79 Å². The third kappa shape index (κ3) is 3.10. The zero-order valence-electron chi connectivity index (χ0n) is 13.1. The summed E-state index contributed by atoms with van der Waals surface area (Å²) in [7, 11) is 0. The van der Waals surface area contributed by atoms with E-state index in [1.807, 2.05) is 30.0 Å². The van der Waals surface area contributed by atoms with Gasteiger partial charge in [-0.2, -0.15) is 0 Å². The van der Waals surface area contributed by atoms with Crippen molar-refractivity contribution in [3.8, 4) is 0 Å². The lowest BCUT2D eigenvalue weighted by atomic mass is 10.1. The molecule has 0 saturated carbocycles. The van der Waals surface area contributed by atoms with Crippen molar-refractivity contribution in [2.75, 3.05) is 16.4 Å². The van der Waals surface area contributed by atoms with E-state index in [-0.39, 0.29) is 17.2 Å². The SMILES string of the molecule is C[C@@H](Sc1nc(N)cc(N)n1)C(=O)N1c2ccccc2C[C@@H]1C. The van der Waals surface area contributed by atoms with Crippen LogP contribution in [0, 0.1) is 0 Å². The van der Waals surface area contributed by atoms with Crippen LogP contribution in [0.25, 0.3) is 0 Å². The van der Waals surface area contributed by atoms with Gasteiger partial charge in [0.1, 0.15) is 11.6 Å². The molecule has 23 heavy (non-hydrogen) atoms. The maximum Gasteiger partial charge on any atom is 0.240 e. The van der Waals surface area contributed by atoms with Gasteiger partial charge >= 0.3 is 0 Å². The first-order chi connectivity index (χ1) is 11.0. The Morgan fingerprint density at radius 2 is 1.96 bits per heavy atom. The lowest BCUT2D eigenvalue weighted by Crippen LogP contribution is -2.40. The van der Waals surface area contributed by atoms with Crippen LogP contribution >= 0.6 is 11.8 Å². The van der Waals surface area contributed by atoms with Crippen molar-refractivity contribution in [1.82, 2.24) is 9.97 Å². The Bertz CT molecular complexity index is 731. The predicted molar refractivity (Wildman–Crippen MR) is 93.3 cm³/mol. The fourth-order valence-corrected chi connectivity index (χ4v) is 3.67. The topological polar surface area (TPSA) is 98.1 Å². The quantitative estimate of drug-likeness (QED) is 0.661. The number of hydrogen-bond donors (Lipinski definition) is 2. The summed E-state index contributed by atoms with van der Waals surface area (Å²) in [5.74, 6) is 0.649. The van der Waals surface area contributed by atoms with E-state index >= 15 is 0 Å². The Labute approximate surface area is 139 Å². The van der Waals surface area contributed by atoms with E-state index in [2.05, 4.69) is 23.0 Å². The number of nitrogen functional groups attached to an aromatic ring is 2. The van der Waals surface area contributed by atoms with Gasteiger partial charge in [0.05, 0.1) is 5.25 Å². The predicted octanol–water partition coefficient (Wildman–Crippen LogP) is 2.10. The second-order valence-corrected chi connectivity index (χ2v) is 6.96. The molecule has 0 unspecified atom stereocenters. The Kier molecular flexibility index (Phi) is 4.12. The number of anilines is 3. The summed E-state index contributed by atoms with van der Waals surface area (Å²) in [4.78, 5) is 23.0. The second-order valence-electron chi connectivity index (χ2n) is 5.65. The van der Waals surface area contributed by atoms with Crippen molar-refractivity contribution < 1.29 is 4.79 Å². The van der Waals surface area contributed by atoms with Crippen molar-refractivity contribution >= 4 is 35.0 Å². The number of benzene rings is 1. The number of carbonyl (C=O) groups excluding carboxylic acids is 1. The normalized spacial score (nSPS) is 17.8. The van der Waals surface area contributed by atoms with Crippen molar-refractivity contribution in [2.45, 2.75) is 36.7 Å². The highest BCUT2D eigenvalue weighted by Gasteiger charge is 2.33. The largest absolute Gasteiger partial charge is 0.383 e. The summed E-state index contributed by atoms with van der Waals surface area (Å²) >= 11 is 1.27. The van der Waals surface area contributed by atoms with E-state index in [0.29, 0.717) is 16.8 Å². The molecule has 1 aliphatic heterocycles. The Balaban J connectivity index is 1.80. The zero-order chi connectivity index (χ0) is 16.6. The summed E-state index contributed by atoms with van der Waals surface area (Å²) in [6.45, 7) is 3.91. The first kappa shape index (κ1) is 15.6. The Hall–Kier alpha value is -2.28. The first-order valence-electron chi connectivity index (χ1n) is 7.43. The fraction of sp³-hybridized carbons (Fsp3) is 0.312. The number of fused-ring (bicyclic) bond motifs is 1. The molecule has 7 heteroatoms. The van der Waals surface area contributed by atoms with Gasteiger partial charge in [-0.05, 0) is 31.9 Å². The molecule has 1 amide bonds. The van der Waals surface area contributed by atoms with Crippen LogP contribution in [0.1, 0.15) is 19.4 Å². The van der Waals surface area contributed by atoms with Crippen LogP contribution in [0.4, 0.5) is 17.3 Å². The molecule has 1 aliphatic rings. The molecular weight excluding hydrogens is 310 g/mol. The van der Waals surface area contributed by atoms with Crippen LogP contribution in [0.2, 0.25) is 0 Å². The van der Waals surface area contributed by atoms with Crippen molar-refractivity contribution in [3.05, 3.63) is 35.9 Å². The highest BCUT2D eigenvalue weighted by atomic mass is 32.2. The summed E-state index contributed by atoms with van der Waals surface area (Å²) in [5, 5.41) is 0.0910. The third-order valence-electron chi connectivity index (χ3n) is 3.82. The van der Waals surface area contributed by atoms with E-state index < -0.39 is 0 Å². The van der Waals surface area contributed by atoms with Crippen LogP contribution in [0.3, 0.4) is 0 Å². The number of rotatable bonds is 3. The molecule has 6 nitrogen and oxygen atoms in total. The molecule has 2 heterocycles. The molecule has 3 rings (SSSR count). The van der Waals surface area contributed by atoms with Crippen LogP contribution in [0.15, 0.2) is 35.5 Å². The van der Waals surface area contributed by atoms with E-state index in [0.717, 1.165) is 12.1 Å². The number of amides is 1. The fourth-order valence-electron chi connectivity index (χ4n) is 2.82. The number of nitrogens with zero attached hydrogens (tertiary/aromatic N) is 3. The minimum Gasteiger partial charge on any atom is -0.383 e. The van der Waals surface area contributed by atoms with Gasteiger partial charge in [0, 0.05) is 17.8 Å². The standard InChI is InChI=1S/C16H19N5OS/c1-9-7-11-5-3-4-6-12(11)21(9)15(22)10(2)23-16-19-13(17)8-14(18)20-16/h3-6,8-10H,7H2,1-2H3,(H4,17,18,19,20)/t9-,10+/m0/s1. The number of nitrogens with two attached hydrogens (primary N) is 2. The molecule has 1 aromatic carbocycles. The molecule has 120 valence electrons. The molecular formula is C16H19N5OS. The summed E-state index contributed by atoms with van der Waals surface area (Å²) in [5.41, 5.74) is 13.6. The van der Waals surface area contributed by atoms with Gasteiger partial charge in [0.2, 0.25) is 5.91 Å². The molecule has 0 saturated heterocycles. The van der Waals surface area contributed by atoms with E-state index in [9.17, 15) is 4.79 Å². The summed E-state index contributed by atoms with van der Waals surface area (Å²) < 4.78 is 0. The number of carbonyl (C=O) groups is 1. The molecule has 2 aromatic rings. The zero-order valence-corrected chi connectivity index (χ0v) is 13.9. The lowest BCUT2D eigenvalue weighted by Gasteiger charge is -2.25. The number of para-hydroxylation sites is 1. The second kappa shape index (κ2) is 6.08. The maximum absolute atomic E-state index is 12.9. The highest BCUT2D eigenvalue weighted by Crippen LogP contribution is 2.34. The van der Waals surface area contributed by atoms with E-state index in [4.69, 9.17) is 11.5 Å². The Morgan fingerprint density at radius 3 is 2.65 bits per heavy atom. The molecule has 0 aliphatic carbocycles. The van der Waals surface area contributed by atoms with Gasteiger partial charge < -0.3 is 16.4 Å². The Morgan fingerprint density at radius 1 is 1.30 bits per heavy atom. The summed E-state index contributed by atoms with van der Waals surface area (Å²) in [6, 6.07) is 9.66. The third-order valence-corrected chi connectivity index (χ3v) is 4.77. The van der Waals surface area contributed by atoms with Crippen LogP contribution in [0.5, 0.6) is 0 Å². The van der Waals surface area contributed by atoms with Crippen LogP contribution in [-0.4, -0.2) is 27.2 Å². The average molecular weight is 329 g/mol. The molecule has 0 radical (unpaired) electrons. The molecule has 0 spiro atoms. The monoisotopic (exact) mass is 329 g/mol. The van der Waals surface area contributed by atoms with Crippen LogP contribution < -0.4 is 16.4 Å². The molecule has 1 aromatic heterocycles. The molecule has 0 fully saturated rings. The summed E-state index contributed by atoms with van der Waals surface area (Å²) in [6.07, 6.45) is 0.876. The van der Waals surface area contributed by atoms with Crippen molar-refractivity contribution in [3.63, 3.8) is 0 Å². The minimum absolute atomic E-state index is 0.0389. The highest BCUT2D eigenvalue weighted by molar-refractivity contribution is 8.00. The van der Waals surface area contributed by atoms with Crippen molar-refractivity contribution in [1.29, 1.82) is 0 Å². The smallest absolute Gasteiger partial charge is 0.240 e. The minimum atomic E-state index is -0.329. The van der Waals surface area contributed by atoms with Gasteiger partial charge in [0.25, 0.3) is 0 Å². The molecule has 4 N–H and O–H groups in total. The van der Waals surface area contributed by atoms with Gasteiger partial charge in [-0.25, -0.2) is 9.97 Å². The molecule has 0 bridgehead atoms. The first-order valence-corrected chi connectivity index (χ1v) is 8.31. The van der Waals surface area contributed by atoms with Crippen molar-refractivity contribution in [2.24, 2.45) is 0 Å². The molecule has 2 atom stereocenters. The average Bonchev–Trinajstić information content (AvgIpc) is 2.81. The number of thioether (sulfide) groups is 1. The van der Waals surface area contributed by atoms with Crippen LogP contribution in [-0.2, 0) is 11.2 Å². The number of aromatic nitrogens is 2. The van der Waals surface area contributed by atoms with Gasteiger partial charge in [-0.15, -0.1) is 0 Å². The van der Waals surface area contributed by atoms with E-state index in [1.54, 1.807) is 0 Å². The number of hydrogen-bond acceptors (Lipinski definition) is 6. The maximum atomic E-state index is 12.9. The van der Waals surface area contributed by atoms with E-state index in [1.165, 1.54) is 23.4 Å². The lowest BCUT2D eigenvalue weighted by molar-refractivity contribution is -0.118. The van der Waals surface area contributed by atoms with Gasteiger partial charge in [-0.1, -0.05) is 30.0 Å². The van der Waals surface area contributed by atoms with Gasteiger partial charge in [0.15, 0.2) is 5.16 Å².